The summed E-state index contributed by atoms with van der Waals surface area (Å²) in [5.41, 5.74) is 2.37. The van der Waals surface area contributed by atoms with Crippen molar-refractivity contribution in [2.75, 3.05) is 24.7 Å². The molecule has 1 N–H and O–H groups in total. The zero-order chi connectivity index (χ0) is 13.9. The zero-order valence-corrected chi connectivity index (χ0v) is 12.8. The number of ether oxygens (including phenoxy) is 1. The number of nitrogens with one attached hydrogen (secondary N) is 1. The van der Waals surface area contributed by atoms with Gasteiger partial charge >= 0.3 is 0 Å². The van der Waals surface area contributed by atoms with Crippen molar-refractivity contribution in [3.8, 4) is 5.75 Å². The van der Waals surface area contributed by atoms with Crippen molar-refractivity contribution in [3.05, 3.63) is 53.1 Å². The molecule has 1 unspecified atom stereocenters. The van der Waals surface area contributed by atoms with Crippen molar-refractivity contribution in [3.63, 3.8) is 0 Å². The van der Waals surface area contributed by atoms with Crippen molar-refractivity contribution < 1.29 is 4.74 Å². The molecule has 0 aromatic heterocycles. The summed E-state index contributed by atoms with van der Waals surface area (Å²) in [6, 6.07) is 14.3. The molecule has 1 heterocycles. The minimum atomic E-state index is 0.526. The number of hydrogen-bond donors (Lipinski definition) is 1. The summed E-state index contributed by atoms with van der Waals surface area (Å²) in [5.74, 6) is 2.46. The normalized spacial score (nSPS) is 16.8. The number of methoxy groups -OCH3 is 1. The van der Waals surface area contributed by atoms with Gasteiger partial charge in [-0.05, 0) is 23.8 Å². The third-order valence-corrected chi connectivity index (χ3v) is 5.09. The third-order valence-electron chi connectivity index (χ3n) is 3.51. The van der Waals surface area contributed by atoms with E-state index in [0.29, 0.717) is 5.92 Å². The lowest BCUT2D eigenvalue weighted by Crippen LogP contribution is -2.12. The molecule has 4 heteroatoms. The quantitative estimate of drug-likeness (QED) is 0.888. The van der Waals surface area contributed by atoms with Gasteiger partial charge in [0, 0.05) is 29.2 Å². The molecule has 20 heavy (non-hydrogen) atoms. The first-order valence-electron chi connectivity index (χ1n) is 6.57. The van der Waals surface area contributed by atoms with Crippen molar-refractivity contribution in [1.82, 2.24) is 0 Å². The fourth-order valence-corrected chi connectivity index (χ4v) is 3.84. The van der Waals surface area contributed by atoms with Crippen LogP contribution in [0.4, 0.5) is 5.69 Å². The molecule has 1 aliphatic rings. The first-order chi connectivity index (χ1) is 9.78. The Balaban J connectivity index is 1.72. The van der Waals surface area contributed by atoms with Crippen LogP contribution in [0, 0.1) is 0 Å². The summed E-state index contributed by atoms with van der Waals surface area (Å²) in [7, 11) is 1.66. The Morgan fingerprint density at radius 3 is 3.00 bits per heavy atom. The fourth-order valence-electron chi connectivity index (χ4n) is 2.40. The summed E-state index contributed by atoms with van der Waals surface area (Å²) in [6.45, 7) is 0.886. The number of thioether (sulfide) groups is 1. The van der Waals surface area contributed by atoms with Crippen LogP contribution in [0.1, 0.15) is 11.5 Å². The van der Waals surface area contributed by atoms with Crippen molar-refractivity contribution in [2.24, 2.45) is 0 Å². The highest BCUT2D eigenvalue weighted by Crippen LogP contribution is 2.39. The number of rotatable bonds is 4. The van der Waals surface area contributed by atoms with Gasteiger partial charge in [0.1, 0.15) is 5.75 Å². The number of anilines is 1. The molecule has 0 saturated heterocycles. The van der Waals surface area contributed by atoms with Crippen molar-refractivity contribution >= 4 is 29.1 Å². The second-order valence-corrected chi connectivity index (χ2v) is 6.24. The van der Waals surface area contributed by atoms with Gasteiger partial charge in [0.25, 0.3) is 0 Å². The molecule has 0 aliphatic carbocycles. The van der Waals surface area contributed by atoms with Gasteiger partial charge in [0.2, 0.25) is 0 Å². The van der Waals surface area contributed by atoms with E-state index < -0.39 is 0 Å². The molecule has 0 saturated carbocycles. The van der Waals surface area contributed by atoms with Gasteiger partial charge in [0.05, 0.1) is 17.8 Å². The van der Waals surface area contributed by atoms with Gasteiger partial charge in [-0.15, -0.1) is 11.8 Å². The topological polar surface area (TPSA) is 21.3 Å². The average Bonchev–Trinajstić information content (AvgIpc) is 2.90. The lowest BCUT2D eigenvalue weighted by atomic mass is 10.0. The van der Waals surface area contributed by atoms with Gasteiger partial charge in [0.15, 0.2) is 0 Å². The van der Waals surface area contributed by atoms with Crippen LogP contribution < -0.4 is 10.1 Å². The molecule has 3 rings (SSSR count). The molecule has 0 amide bonds. The Morgan fingerprint density at radius 1 is 1.30 bits per heavy atom. The summed E-state index contributed by atoms with van der Waals surface area (Å²) in [6.07, 6.45) is 0. The Labute approximate surface area is 128 Å². The second-order valence-electron chi connectivity index (χ2n) is 4.77. The number of halogens is 1. The maximum absolute atomic E-state index is 6.22. The molecule has 1 aliphatic heterocycles. The maximum Gasteiger partial charge on any atom is 0.121 e. The fraction of sp³-hybridized carbons (Fsp3) is 0.250. The highest BCUT2D eigenvalue weighted by molar-refractivity contribution is 7.99. The molecule has 0 bridgehead atoms. The van der Waals surface area contributed by atoms with E-state index in [9.17, 15) is 0 Å². The Bertz CT molecular complexity index is 617. The molecule has 104 valence electrons. The molecule has 0 spiro atoms. The van der Waals surface area contributed by atoms with Crippen LogP contribution >= 0.6 is 23.4 Å². The first-order valence-corrected chi connectivity index (χ1v) is 7.93. The highest BCUT2D eigenvalue weighted by atomic mass is 35.5. The lowest BCUT2D eigenvalue weighted by Gasteiger charge is -2.15. The summed E-state index contributed by atoms with van der Waals surface area (Å²) in [5, 5.41) is 4.17. The molecule has 1 atom stereocenters. The molecule has 0 radical (unpaired) electrons. The van der Waals surface area contributed by atoms with Gasteiger partial charge < -0.3 is 10.1 Å². The summed E-state index contributed by atoms with van der Waals surface area (Å²) < 4.78 is 5.24. The Morgan fingerprint density at radius 2 is 2.15 bits per heavy atom. The molecular weight excluding hydrogens is 290 g/mol. The van der Waals surface area contributed by atoms with E-state index in [-0.39, 0.29) is 0 Å². The predicted octanol–water partition coefficient (Wildman–Crippen LogP) is 4.65. The van der Waals surface area contributed by atoms with Crippen LogP contribution in [-0.4, -0.2) is 19.4 Å². The molecule has 0 fully saturated rings. The second kappa shape index (κ2) is 5.98. The van der Waals surface area contributed by atoms with E-state index >= 15 is 0 Å². The first kappa shape index (κ1) is 13.7. The van der Waals surface area contributed by atoms with E-state index in [1.807, 2.05) is 30.0 Å². The number of hydrogen-bond acceptors (Lipinski definition) is 3. The SMILES string of the molecule is COc1ccc(Cl)c(NCC2CSc3ccccc32)c1. The lowest BCUT2D eigenvalue weighted by molar-refractivity contribution is 0.415. The molecular formula is C16H16ClNOS. The molecule has 2 aromatic rings. The number of benzene rings is 2. The summed E-state index contributed by atoms with van der Waals surface area (Å²) in [4.78, 5) is 1.40. The largest absolute Gasteiger partial charge is 0.497 e. The standard InChI is InChI=1S/C16H16ClNOS/c1-19-12-6-7-14(17)15(8-12)18-9-11-10-20-16-5-3-2-4-13(11)16/h2-8,11,18H,9-10H2,1H3. The van der Waals surface area contributed by atoms with Crippen LogP contribution in [-0.2, 0) is 0 Å². The van der Waals surface area contributed by atoms with Gasteiger partial charge in [-0.3, -0.25) is 0 Å². The smallest absolute Gasteiger partial charge is 0.121 e. The van der Waals surface area contributed by atoms with Gasteiger partial charge in [-0.1, -0.05) is 29.8 Å². The third kappa shape index (κ3) is 2.74. The van der Waals surface area contributed by atoms with E-state index in [1.165, 1.54) is 10.5 Å². The minimum absolute atomic E-state index is 0.526. The molecule has 2 nitrogen and oxygen atoms in total. The van der Waals surface area contributed by atoms with E-state index in [4.69, 9.17) is 16.3 Å². The zero-order valence-electron chi connectivity index (χ0n) is 11.2. The minimum Gasteiger partial charge on any atom is -0.497 e. The molecule has 2 aromatic carbocycles. The maximum atomic E-state index is 6.22. The van der Waals surface area contributed by atoms with Crippen LogP contribution in [0.15, 0.2) is 47.4 Å². The Kier molecular flexibility index (Phi) is 4.08. The van der Waals surface area contributed by atoms with Crippen molar-refractivity contribution in [2.45, 2.75) is 10.8 Å². The van der Waals surface area contributed by atoms with E-state index in [0.717, 1.165) is 28.8 Å². The van der Waals surface area contributed by atoms with Crippen LogP contribution in [0.2, 0.25) is 5.02 Å². The van der Waals surface area contributed by atoms with E-state index in [2.05, 4.69) is 29.6 Å². The summed E-state index contributed by atoms with van der Waals surface area (Å²) >= 11 is 8.14. The van der Waals surface area contributed by atoms with E-state index in [1.54, 1.807) is 7.11 Å². The van der Waals surface area contributed by atoms with Crippen LogP contribution in [0.5, 0.6) is 5.75 Å². The Hall–Kier alpha value is -1.32. The van der Waals surface area contributed by atoms with Crippen LogP contribution in [0.3, 0.4) is 0 Å². The highest BCUT2D eigenvalue weighted by Gasteiger charge is 2.22. The van der Waals surface area contributed by atoms with Gasteiger partial charge in [-0.25, -0.2) is 0 Å². The average molecular weight is 306 g/mol. The van der Waals surface area contributed by atoms with Crippen LogP contribution in [0.25, 0.3) is 0 Å². The van der Waals surface area contributed by atoms with Crippen molar-refractivity contribution in [1.29, 1.82) is 0 Å². The van der Waals surface area contributed by atoms with Gasteiger partial charge in [-0.2, -0.15) is 0 Å². The number of fused-ring (bicyclic) bond motifs is 1. The monoisotopic (exact) mass is 305 g/mol. The predicted molar refractivity (Wildman–Crippen MR) is 86.4 cm³/mol.